The third kappa shape index (κ3) is 3.29. The Hall–Kier alpha value is -2.84. The number of thiophene rings is 1. The van der Waals surface area contributed by atoms with E-state index in [0.717, 1.165) is 10.6 Å². The summed E-state index contributed by atoms with van der Waals surface area (Å²) in [5.41, 5.74) is 1.31. The molecule has 0 atom stereocenters. The van der Waals surface area contributed by atoms with Gasteiger partial charge in [0.15, 0.2) is 10.8 Å². The van der Waals surface area contributed by atoms with Crippen LogP contribution in [0.4, 0.5) is 9.52 Å². The van der Waals surface area contributed by atoms with Crippen molar-refractivity contribution in [3.8, 4) is 16.3 Å². The number of hydrogen-bond acceptors (Lipinski definition) is 5. The number of thiazole rings is 1. The number of carbonyl (C=O) groups is 1. The Morgan fingerprint density at radius 2 is 2.04 bits per heavy atom. The van der Waals surface area contributed by atoms with Gasteiger partial charge in [-0.3, -0.25) is 10.1 Å². The number of rotatable bonds is 4. The zero-order valence-corrected chi connectivity index (χ0v) is 15.3. The molecule has 3 aromatic heterocycles. The predicted molar refractivity (Wildman–Crippen MR) is 102 cm³/mol. The minimum atomic E-state index is -0.404. The maximum atomic E-state index is 13.8. The summed E-state index contributed by atoms with van der Waals surface area (Å²) < 4.78 is 15.2. The summed E-state index contributed by atoms with van der Waals surface area (Å²) in [7, 11) is 0. The van der Waals surface area contributed by atoms with Crippen LogP contribution in [0.15, 0.2) is 54.0 Å². The molecule has 5 nitrogen and oxygen atoms in total. The molecule has 0 aliphatic heterocycles. The van der Waals surface area contributed by atoms with Crippen molar-refractivity contribution in [3.63, 3.8) is 0 Å². The minimum Gasteiger partial charge on any atom is -0.296 e. The Bertz CT molecular complexity index is 1080. The van der Waals surface area contributed by atoms with Crippen LogP contribution >= 0.6 is 22.7 Å². The Kier molecular flexibility index (Phi) is 4.36. The largest absolute Gasteiger partial charge is 0.296 e. The van der Waals surface area contributed by atoms with E-state index in [9.17, 15) is 9.18 Å². The lowest BCUT2D eigenvalue weighted by molar-refractivity contribution is 0.102. The van der Waals surface area contributed by atoms with Crippen molar-refractivity contribution in [1.82, 2.24) is 14.8 Å². The number of hydrogen-bond donors (Lipinski definition) is 1. The van der Waals surface area contributed by atoms with Crippen molar-refractivity contribution in [2.24, 2.45) is 0 Å². The monoisotopic (exact) mass is 384 g/mol. The zero-order chi connectivity index (χ0) is 18.1. The zero-order valence-electron chi connectivity index (χ0n) is 13.6. The van der Waals surface area contributed by atoms with Gasteiger partial charge >= 0.3 is 0 Å². The second-order valence-corrected chi connectivity index (χ2v) is 7.65. The maximum Gasteiger partial charge on any atom is 0.277 e. The highest BCUT2D eigenvalue weighted by Crippen LogP contribution is 2.30. The molecule has 0 spiro atoms. The lowest BCUT2D eigenvalue weighted by Gasteiger charge is -2.02. The van der Waals surface area contributed by atoms with Crippen LogP contribution in [0.3, 0.4) is 0 Å². The number of aromatic nitrogens is 3. The highest BCUT2D eigenvalue weighted by molar-refractivity contribution is 7.17. The third-order valence-electron chi connectivity index (χ3n) is 3.64. The van der Waals surface area contributed by atoms with Crippen molar-refractivity contribution in [2.45, 2.75) is 6.92 Å². The number of carbonyl (C=O) groups excluding carboxylic acids is 1. The van der Waals surface area contributed by atoms with Gasteiger partial charge in [0, 0.05) is 16.5 Å². The molecule has 0 aliphatic rings. The minimum absolute atomic E-state index is 0.192. The fourth-order valence-electron chi connectivity index (χ4n) is 2.39. The van der Waals surface area contributed by atoms with Gasteiger partial charge in [-0.15, -0.1) is 22.7 Å². The first kappa shape index (κ1) is 16.6. The van der Waals surface area contributed by atoms with E-state index in [2.05, 4.69) is 15.4 Å². The molecule has 130 valence electrons. The van der Waals surface area contributed by atoms with Gasteiger partial charge in [0.1, 0.15) is 11.5 Å². The first-order valence-electron chi connectivity index (χ1n) is 7.74. The Morgan fingerprint density at radius 3 is 2.81 bits per heavy atom. The lowest BCUT2D eigenvalue weighted by Crippen LogP contribution is -2.13. The van der Waals surface area contributed by atoms with Gasteiger partial charge in [0.05, 0.1) is 10.6 Å². The van der Waals surface area contributed by atoms with E-state index in [1.165, 1.54) is 27.0 Å². The quantitative estimate of drug-likeness (QED) is 0.552. The average Bonchev–Trinajstić information content (AvgIpc) is 3.35. The normalized spacial score (nSPS) is 10.8. The van der Waals surface area contributed by atoms with Gasteiger partial charge in [0.25, 0.3) is 5.91 Å². The number of anilines is 1. The Labute approximate surface area is 156 Å². The van der Waals surface area contributed by atoms with Crippen molar-refractivity contribution in [2.75, 3.05) is 5.32 Å². The topological polar surface area (TPSA) is 59.8 Å². The lowest BCUT2D eigenvalue weighted by atomic mass is 10.3. The SMILES string of the molecule is Cc1ccc(-c2csc(NC(=O)c3ccn(-c4ccccc4F)n3)n2)s1. The molecule has 0 bridgehead atoms. The molecule has 1 aromatic carbocycles. The fraction of sp³-hybridized carbons (Fsp3) is 0.0556. The van der Waals surface area contributed by atoms with E-state index < -0.39 is 5.82 Å². The molecule has 0 saturated carbocycles. The van der Waals surface area contributed by atoms with E-state index in [4.69, 9.17) is 0 Å². The molecule has 0 fully saturated rings. The van der Waals surface area contributed by atoms with Crippen LogP contribution < -0.4 is 5.32 Å². The number of benzene rings is 1. The van der Waals surface area contributed by atoms with Crippen LogP contribution in [-0.4, -0.2) is 20.7 Å². The van der Waals surface area contributed by atoms with E-state index in [-0.39, 0.29) is 17.3 Å². The summed E-state index contributed by atoms with van der Waals surface area (Å²) in [6.45, 7) is 2.04. The number of halogens is 1. The summed E-state index contributed by atoms with van der Waals surface area (Å²) in [5, 5.41) is 9.29. The fourth-order valence-corrected chi connectivity index (χ4v) is 4.00. The molecule has 0 saturated heterocycles. The van der Waals surface area contributed by atoms with Gasteiger partial charge in [0.2, 0.25) is 0 Å². The summed E-state index contributed by atoms with van der Waals surface area (Å²) in [5.74, 6) is -0.790. The summed E-state index contributed by atoms with van der Waals surface area (Å²) >= 11 is 3.00. The van der Waals surface area contributed by atoms with Gasteiger partial charge in [-0.25, -0.2) is 14.1 Å². The average molecular weight is 384 g/mol. The van der Waals surface area contributed by atoms with Gasteiger partial charge in [-0.05, 0) is 37.3 Å². The predicted octanol–water partition coefficient (Wildman–Crippen LogP) is 4.76. The number of nitrogens with one attached hydrogen (secondary N) is 1. The molecule has 26 heavy (non-hydrogen) atoms. The van der Waals surface area contributed by atoms with Crippen LogP contribution in [0, 0.1) is 12.7 Å². The number of aryl methyl sites for hydroxylation is 1. The number of para-hydroxylation sites is 1. The van der Waals surface area contributed by atoms with Crippen molar-refractivity contribution in [3.05, 3.63) is 70.4 Å². The Balaban J connectivity index is 1.51. The van der Waals surface area contributed by atoms with Crippen molar-refractivity contribution >= 4 is 33.7 Å². The van der Waals surface area contributed by atoms with Gasteiger partial charge in [-0.2, -0.15) is 5.10 Å². The molecule has 8 heteroatoms. The molecular weight excluding hydrogens is 371 g/mol. The van der Waals surface area contributed by atoms with Gasteiger partial charge < -0.3 is 0 Å². The maximum absolute atomic E-state index is 13.8. The highest BCUT2D eigenvalue weighted by atomic mass is 32.1. The molecule has 1 N–H and O–H groups in total. The highest BCUT2D eigenvalue weighted by Gasteiger charge is 2.14. The van der Waals surface area contributed by atoms with Crippen LogP contribution in [0.2, 0.25) is 0 Å². The summed E-state index contributed by atoms with van der Waals surface area (Å²) in [6.07, 6.45) is 1.55. The van der Waals surface area contributed by atoms with Crippen LogP contribution in [0.1, 0.15) is 15.4 Å². The molecule has 1 amide bonds. The van der Waals surface area contributed by atoms with E-state index in [1.54, 1.807) is 41.8 Å². The summed E-state index contributed by atoms with van der Waals surface area (Å²) in [4.78, 5) is 19.1. The number of amides is 1. The summed E-state index contributed by atoms with van der Waals surface area (Å²) in [6, 6.07) is 11.8. The molecule has 0 unspecified atom stereocenters. The van der Waals surface area contributed by atoms with Crippen LogP contribution in [0.5, 0.6) is 0 Å². The molecule has 4 rings (SSSR count). The van der Waals surface area contributed by atoms with Crippen molar-refractivity contribution < 1.29 is 9.18 Å². The molecule has 0 radical (unpaired) electrons. The second kappa shape index (κ2) is 6.81. The molecule has 0 aliphatic carbocycles. The van der Waals surface area contributed by atoms with E-state index in [0.29, 0.717) is 5.13 Å². The molecule has 4 aromatic rings. The molecule has 3 heterocycles. The first-order chi connectivity index (χ1) is 12.6. The number of nitrogens with zero attached hydrogens (tertiary/aromatic N) is 3. The van der Waals surface area contributed by atoms with Crippen LogP contribution in [-0.2, 0) is 0 Å². The van der Waals surface area contributed by atoms with E-state index in [1.807, 2.05) is 24.4 Å². The third-order valence-corrected chi connectivity index (χ3v) is 5.42. The smallest absolute Gasteiger partial charge is 0.277 e. The Morgan fingerprint density at radius 1 is 1.19 bits per heavy atom. The first-order valence-corrected chi connectivity index (χ1v) is 9.44. The van der Waals surface area contributed by atoms with Gasteiger partial charge in [-0.1, -0.05) is 12.1 Å². The van der Waals surface area contributed by atoms with Crippen LogP contribution in [0.25, 0.3) is 16.3 Å². The standard InChI is InChI=1S/C18H13FN4OS2/c1-11-6-7-16(26-11)14-10-25-18(20-14)21-17(24)13-8-9-23(22-13)15-5-3-2-4-12(15)19/h2-10H,1H3,(H,20,21,24). The second-order valence-electron chi connectivity index (χ2n) is 5.50. The van der Waals surface area contributed by atoms with Crippen molar-refractivity contribution in [1.29, 1.82) is 0 Å². The van der Waals surface area contributed by atoms with E-state index >= 15 is 0 Å². The molecular formula is C18H13FN4OS2.